The molecular formula is C18H16. The predicted molar refractivity (Wildman–Crippen MR) is 78.2 cm³/mol. The summed E-state index contributed by atoms with van der Waals surface area (Å²) in [4.78, 5) is 0. The summed E-state index contributed by atoms with van der Waals surface area (Å²) in [5.74, 6) is 0. The zero-order valence-corrected chi connectivity index (χ0v) is 10.6. The number of hydrogen-bond donors (Lipinski definition) is 0. The van der Waals surface area contributed by atoms with E-state index in [9.17, 15) is 0 Å². The molecular weight excluding hydrogens is 216 g/mol. The Kier molecular flexibility index (Phi) is 2.85. The van der Waals surface area contributed by atoms with Gasteiger partial charge in [-0.1, -0.05) is 66.3 Å². The summed E-state index contributed by atoms with van der Waals surface area (Å²) in [5.41, 5.74) is 6.57. The number of aryl methyl sites for hydroxylation is 1. The van der Waals surface area contributed by atoms with E-state index in [2.05, 4.69) is 73.7 Å². The van der Waals surface area contributed by atoms with Gasteiger partial charge in [0, 0.05) is 0 Å². The van der Waals surface area contributed by atoms with Crippen LogP contribution in [0.15, 0.2) is 77.9 Å². The van der Waals surface area contributed by atoms with Gasteiger partial charge in [0.25, 0.3) is 0 Å². The smallest absolute Gasteiger partial charge is 0.00941 e. The summed E-state index contributed by atoms with van der Waals surface area (Å²) in [7, 11) is 0. The average molecular weight is 232 g/mol. The Hall–Kier alpha value is -2.08. The van der Waals surface area contributed by atoms with Crippen molar-refractivity contribution in [3.8, 4) is 0 Å². The van der Waals surface area contributed by atoms with E-state index in [1.54, 1.807) is 0 Å². The quantitative estimate of drug-likeness (QED) is 0.689. The van der Waals surface area contributed by atoms with Gasteiger partial charge in [0.15, 0.2) is 0 Å². The molecule has 0 heterocycles. The zero-order valence-electron chi connectivity index (χ0n) is 10.6. The van der Waals surface area contributed by atoms with E-state index in [0.717, 1.165) is 6.42 Å². The second-order valence-electron chi connectivity index (χ2n) is 4.82. The second-order valence-corrected chi connectivity index (χ2v) is 4.82. The maximum atomic E-state index is 2.26. The van der Waals surface area contributed by atoms with Crippen LogP contribution in [0.5, 0.6) is 0 Å². The van der Waals surface area contributed by atoms with Crippen LogP contribution in [-0.2, 0) is 0 Å². The van der Waals surface area contributed by atoms with Crippen molar-refractivity contribution in [2.24, 2.45) is 0 Å². The Morgan fingerprint density at radius 1 is 1.06 bits per heavy atom. The Balaban J connectivity index is 1.84. The number of benzene rings is 1. The highest BCUT2D eigenvalue weighted by atomic mass is 14.1. The first-order valence-electron chi connectivity index (χ1n) is 6.35. The summed E-state index contributed by atoms with van der Waals surface area (Å²) in [6.45, 7) is 2.12. The number of hydrogen-bond acceptors (Lipinski definition) is 0. The van der Waals surface area contributed by atoms with Gasteiger partial charge in [-0.2, -0.15) is 0 Å². The average Bonchev–Trinajstić information content (AvgIpc) is 3.02. The van der Waals surface area contributed by atoms with Crippen LogP contribution in [-0.4, -0.2) is 0 Å². The Labute approximate surface area is 108 Å². The highest BCUT2D eigenvalue weighted by Gasteiger charge is 2.05. The minimum absolute atomic E-state index is 1.06. The zero-order chi connectivity index (χ0) is 12.4. The van der Waals surface area contributed by atoms with E-state index < -0.39 is 0 Å². The van der Waals surface area contributed by atoms with Crippen molar-refractivity contribution in [1.29, 1.82) is 0 Å². The van der Waals surface area contributed by atoms with Gasteiger partial charge < -0.3 is 0 Å². The molecule has 0 fully saturated rings. The van der Waals surface area contributed by atoms with Crippen molar-refractivity contribution in [3.05, 3.63) is 89.1 Å². The lowest BCUT2D eigenvalue weighted by Crippen LogP contribution is -1.79. The van der Waals surface area contributed by atoms with Crippen LogP contribution in [0.3, 0.4) is 0 Å². The molecule has 2 aliphatic rings. The summed E-state index contributed by atoms with van der Waals surface area (Å²) in [6, 6.07) is 8.69. The Morgan fingerprint density at radius 3 is 2.61 bits per heavy atom. The fourth-order valence-electron chi connectivity index (χ4n) is 2.26. The van der Waals surface area contributed by atoms with Gasteiger partial charge in [0.2, 0.25) is 0 Å². The van der Waals surface area contributed by atoms with Crippen molar-refractivity contribution >= 4 is 5.57 Å². The largest absolute Gasteiger partial charge is 0.0801 e. The normalized spacial score (nSPS) is 19.5. The third-order valence-electron chi connectivity index (χ3n) is 3.31. The molecule has 2 aliphatic carbocycles. The first kappa shape index (κ1) is 11.0. The SMILES string of the molecule is Cc1ccc(C2=C/C(=C\C3=CC=CC3)C=C2)cc1. The molecule has 0 aliphatic heterocycles. The van der Waals surface area contributed by atoms with Crippen LogP contribution in [0, 0.1) is 6.92 Å². The lowest BCUT2D eigenvalue weighted by atomic mass is 10.1. The molecule has 18 heavy (non-hydrogen) atoms. The van der Waals surface area contributed by atoms with Gasteiger partial charge in [0.05, 0.1) is 0 Å². The highest BCUT2D eigenvalue weighted by Crippen LogP contribution is 2.26. The van der Waals surface area contributed by atoms with E-state index in [0.29, 0.717) is 0 Å². The van der Waals surface area contributed by atoms with Crippen molar-refractivity contribution in [2.45, 2.75) is 13.3 Å². The maximum Gasteiger partial charge on any atom is -0.00941 e. The Bertz CT molecular complexity index is 602. The van der Waals surface area contributed by atoms with E-state index >= 15 is 0 Å². The fourth-order valence-corrected chi connectivity index (χ4v) is 2.26. The maximum absolute atomic E-state index is 2.26. The lowest BCUT2D eigenvalue weighted by molar-refractivity contribution is 1.33. The topological polar surface area (TPSA) is 0 Å². The summed E-state index contributed by atoms with van der Waals surface area (Å²) >= 11 is 0. The minimum atomic E-state index is 1.06. The third kappa shape index (κ3) is 2.28. The summed E-state index contributed by atoms with van der Waals surface area (Å²) in [5, 5.41) is 0. The molecule has 0 spiro atoms. The standard InChI is InChI=1S/C18H16/c1-14-6-9-17(10-7-14)18-11-8-16(13-18)12-15-4-2-3-5-15/h2-4,6-13H,5H2,1H3/b16-12-. The van der Waals surface area contributed by atoms with E-state index in [1.165, 1.54) is 27.8 Å². The van der Waals surface area contributed by atoms with Crippen molar-refractivity contribution in [3.63, 3.8) is 0 Å². The highest BCUT2D eigenvalue weighted by molar-refractivity contribution is 5.81. The molecule has 0 nitrogen and oxygen atoms in total. The molecule has 1 aromatic rings. The molecule has 0 aromatic heterocycles. The van der Waals surface area contributed by atoms with Gasteiger partial charge in [-0.15, -0.1) is 0 Å². The first-order valence-corrected chi connectivity index (χ1v) is 6.35. The third-order valence-corrected chi connectivity index (χ3v) is 3.31. The van der Waals surface area contributed by atoms with Gasteiger partial charge >= 0.3 is 0 Å². The molecule has 0 unspecified atom stereocenters. The molecule has 1 aromatic carbocycles. The molecule has 0 saturated heterocycles. The van der Waals surface area contributed by atoms with Crippen molar-refractivity contribution in [2.75, 3.05) is 0 Å². The molecule has 0 amide bonds. The van der Waals surface area contributed by atoms with Crippen LogP contribution in [0.1, 0.15) is 17.5 Å². The van der Waals surface area contributed by atoms with Crippen molar-refractivity contribution < 1.29 is 0 Å². The fraction of sp³-hybridized carbons (Fsp3) is 0.111. The molecule has 0 heteroatoms. The molecule has 0 radical (unpaired) electrons. The van der Waals surface area contributed by atoms with Crippen LogP contribution >= 0.6 is 0 Å². The molecule has 0 saturated carbocycles. The number of rotatable bonds is 2. The van der Waals surface area contributed by atoms with Gasteiger partial charge in [0.1, 0.15) is 0 Å². The molecule has 0 N–H and O–H groups in total. The molecule has 0 atom stereocenters. The Morgan fingerprint density at radius 2 is 1.89 bits per heavy atom. The van der Waals surface area contributed by atoms with Gasteiger partial charge in [-0.25, -0.2) is 0 Å². The van der Waals surface area contributed by atoms with Crippen LogP contribution in [0.25, 0.3) is 5.57 Å². The molecule has 88 valence electrons. The van der Waals surface area contributed by atoms with Gasteiger partial charge in [-0.05, 0) is 41.7 Å². The van der Waals surface area contributed by atoms with Crippen LogP contribution < -0.4 is 0 Å². The van der Waals surface area contributed by atoms with Gasteiger partial charge in [-0.3, -0.25) is 0 Å². The minimum Gasteiger partial charge on any atom is -0.0801 e. The van der Waals surface area contributed by atoms with E-state index in [1.807, 2.05) is 0 Å². The van der Waals surface area contributed by atoms with Crippen LogP contribution in [0.2, 0.25) is 0 Å². The molecule has 0 bridgehead atoms. The van der Waals surface area contributed by atoms with Crippen molar-refractivity contribution in [1.82, 2.24) is 0 Å². The summed E-state index contributed by atoms with van der Waals surface area (Å²) in [6.07, 6.45) is 16.4. The summed E-state index contributed by atoms with van der Waals surface area (Å²) < 4.78 is 0. The molecule has 3 rings (SSSR count). The number of allylic oxidation sites excluding steroid dienone is 10. The lowest BCUT2D eigenvalue weighted by Gasteiger charge is -2.00. The second kappa shape index (κ2) is 4.66. The van der Waals surface area contributed by atoms with Crippen LogP contribution in [0.4, 0.5) is 0 Å². The monoisotopic (exact) mass is 232 g/mol. The van der Waals surface area contributed by atoms with E-state index in [-0.39, 0.29) is 0 Å². The first-order chi connectivity index (χ1) is 8.81. The van der Waals surface area contributed by atoms with E-state index in [4.69, 9.17) is 0 Å². The predicted octanol–water partition coefficient (Wildman–Crippen LogP) is 4.76.